The van der Waals surface area contributed by atoms with Crippen LogP contribution in [0.3, 0.4) is 0 Å². The molecule has 0 unspecified atom stereocenters. The molecule has 1 aliphatic rings. The van der Waals surface area contributed by atoms with Crippen molar-refractivity contribution >= 4 is 17.1 Å². The van der Waals surface area contributed by atoms with Crippen LogP contribution in [0.15, 0.2) is 35.3 Å². The van der Waals surface area contributed by atoms with Crippen molar-refractivity contribution in [2.45, 2.75) is 0 Å². The number of nitriles is 1. The third-order valence-electron chi connectivity index (χ3n) is 3.79. The first-order chi connectivity index (χ1) is 11.2. The molecular formula is C16H16N4O3. The summed E-state index contributed by atoms with van der Waals surface area (Å²) in [6, 6.07) is 8.77. The Kier molecular flexibility index (Phi) is 4.26. The van der Waals surface area contributed by atoms with Gasteiger partial charge in [-0.25, -0.2) is 0 Å². The maximum Gasteiger partial charge on any atom is 0.278 e. The first kappa shape index (κ1) is 15.1. The quantitative estimate of drug-likeness (QED) is 0.889. The smallest absolute Gasteiger partial charge is 0.278 e. The lowest BCUT2D eigenvalue weighted by atomic mass is 10.2. The predicted octanol–water partition coefficient (Wildman–Crippen LogP) is 0.442. The van der Waals surface area contributed by atoms with Gasteiger partial charge in [-0.15, -0.1) is 0 Å². The van der Waals surface area contributed by atoms with Crippen LogP contribution in [0.1, 0.15) is 5.56 Å². The summed E-state index contributed by atoms with van der Waals surface area (Å²) in [4.78, 5) is 26.3. The number of ether oxygens (including phenoxy) is 1. The summed E-state index contributed by atoms with van der Waals surface area (Å²) >= 11 is 0. The third-order valence-corrected chi connectivity index (χ3v) is 3.79. The van der Waals surface area contributed by atoms with Crippen LogP contribution in [0.5, 0.6) is 0 Å². The highest BCUT2D eigenvalue weighted by Gasteiger charge is 2.17. The molecule has 2 aromatic heterocycles. The number of amides is 1. The van der Waals surface area contributed by atoms with Gasteiger partial charge in [0.25, 0.3) is 5.56 Å². The average Bonchev–Trinajstić information content (AvgIpc) is 2.62. The van der Waals surface area contributed by atoms with Gasteiger partial charge in [0.1, 0.15) is 11.8 Å². The van der Waals surface area contributed by atoms with Gasteiger partial charge in [-0.05, 0) is 18.2 Å². The van der Waals surface area contributed by atoms with Gasteiger partial charge < -0.3 is 15.0 Å². The molecule has 3 rings (SSSR count). The molecule has 1 fully saturated rings. The normalized spacial score (nSPS) is 14.5. The van der Waals surface area contributed by atoms with E-state index in [1.165, 1.54) is 10.5 Å². The summed E-state index contributed by atoms with van der Waals surface area (Å²) < 4.78 is 6.61. The number of aromatic nitrogens is 1. The van der Waals surface area contributed by atoms with Crippen LogP contribution in [-0.4, -0.2) is 48.1 Å². The van der Waals surface area contributed by atoms with E-state index in [1.54, 1.807) is 29.3 Å². The van der Waals surface area contributed by atoms with E-state index in [-0.39, 0.29) is 23.7 Å². The van der Waals surface area contributed by atoms with E-state index in [0.29, 0.717) is 37.4 Å². The maximum atomic E-state index is 12.4. The van der Waals surface area contributed by atoms with Crippen molar-refractivity contribution < 1.29 is 9.53 Å². The van der Waals surface area contributed by atoms with Gasteiger partial charge in [-0.3, -0.25) is 14.0 Å². The second kappa shape index (κ2) is 6.50. The highest BCUT2D eigenvalue weighted by Crippen LogP contribution is 2.12. The van der Waals surface area contributed by atoms with E-state index < -0.39 is 0 Å². The van der Waals surface area contributed by atoms with Crippen molar-refractivity contribution in [3.05, 3.63) is 46.4 Å². The lowest BCUT2D eigenvalue weighted by Gasteiger charge is -2.27. The summed E-state index contributed by atoms with van der Waals surface area (Å²) in [5.74, 6) is -0.0932. The van der Waals surface area contributed by atoms with E-state index in [2.05, 4.69) is 11.4 Å². The van der Waals surface area contributed by atoms with E-state index in [0.717, 1.165) is 0 Å². The van der Waals surface area contributed by atoms with Crippen LogP contribution in [-0.2, 0) is 9.53 Å². The van der Waals surface area contributed by atoms with Gasteiger partial charge in [0.2, 0.25) is 5.91 Å². The van der Waals surface area contributed by atoms with Gasteiger partial charge in [-0.2, -0.15) is 5.26 Å². The lowest BCUT2D eigenvalue weighted by Crippen LogP contribution is -2.43. The number of carbonyl (C=O) groups excluding carboxylic acids is 1. The minimum absolute atomic E-state index is 0.0129. The van der Waals surface area contributed by atoms with Crippen molar-refractivity contribution in [1.29, 1.82) is 5.26 Å². The Balaban J connectivity index is 1.83. The Morgan fingerprint density at radius 3 is 2.87 bits per heavy atom. The first-order valence-electron chi connectivity index (χ1n) is 7.34. The fourth-order valence-electron chi connectivity index (χ4n) is 2.56. The van der Waals surface area contributed by atoms with E-state index in [9.17, 15) is 14.9 Å². The SMILES string of the molecule is N#Cc1cc(NCC(=O)N2CCOCC2)c(=O)n2ccccc12. The van der Waals surface area contributed by atoms with Crippen LogP contribution in [0, 0.1) is 11.3 Å². The second-order valence-electron chi connectivity index (χ2n) is 5.19. The third kappa shape index (κ3) is 3.03. The molecule has 0 aromatic carbocycles. The number of hydrogen-bond acceptors (Lipinski definition) is 5. The summed E-state index contributed by atoms with van der Waals surface area (Å²) in [5, 5.41) is 12.1. The molecule has 23 heavy (non-hydrogen) atoms. The summed E-state index contributed by atoms with van der Waals surface area (Å²) in [6.07, 6.45) is 1.60. The van der Waals surface area contributed by atoms with Gasteiger partial charge in [-0.1, -0.05) is 6.07 Å². The molecule has 1 saturated heterocycles. The van der Waals surface area contributed by atoms with E-state index in [1.807, 2.05) is 0 Å². The average molecular weight is 312 g/mol. The predicted molar refractivity (Wildman–Crippen MR) is 84.3 cm³/mol. The Labute approximate surface area is 132 Å². The molecule has 0 spiro atoms. The number of nitrogens with one attached hydrogen (secondary N) is 1. The molecule has 0 saturated carbocycles. The molecule has 118 valence electrons. The number of fused-ring (bicyclic) bond motifs is 1. The lowest BCUT2D eigenvalue weighted by molar-refractivity contribution is -0.133. The largest absolute Gasteiger partial charge is 0.378 e. The van der Waals surface area contributed by atoms with Crippen molar-refractivity contribution in [2.24, 2.45) is 0 Å². The Hall–Kier alpha value is -2.85. The van der Waals surface area contributed by atoms with Crippen molar-refractivity contribution in [3.8, 4) is 6.07 Å². The van der Waals surface area contributed by atoms with Crippen LogP contribution in [0.25, 0.3) is 5.52 Å². The van der Waals surface area contributed by atoms with Crippen LogP contribution < -0.4 is 10.9 Å². The molecule has 7 nitrogen and oxygen atoms in total. The molecule has 0 atom stereocenters. The first-order valence-corrected chi connectivity index (χ1v) is 7.34. The molecule has 1 aliphatic heterocycles. The summed E-state index contributed by atoms with van der Waals surface area (Å²) in [5.41, 5.74) is 0.887. The highest BCUT2D eigenvalue weighted by atomic mass is 16.5. The maximum absolute atomic E-state index is 12.4. The van der Waals surface area contributed by atoms with Gasteiger partial charge in [0.15, 0.2) is 0 Å². The van der Waals surface area contributed by atoms with Crippen molar-refractivity contribution in [1.82, 2.24) is 9.30 Å². The highest BCUT2D eigenvalue weighted by molar-refractivity contribution is 5.81. The fraction of sp³-hybridized carbons (Fsp3) is 0.312. The Bertz CT molecular complexity index is 831. The fourth-order valence-corrected chi connectivity index (χ4v) is 2.56. The number of hydrogen-bond donors (Lipinski definition) is 1. The standard InChI is InChI=1S/C16H16N4O3/c17-10-12-9-13(16(22)20-4-2-1-3-14(12)20)18-11-15(21)19-5-7-23-8-6-19/h1-4,9,18H,5-8,11H2. The number of morpholine rings is 1. The summed E-state index contributed by atoms with van der Waals surface area (Å²) in [6.45, 7) is 2.19. The molecule has 1 N–H and O–H groups in total. The van der Waals surface area contributed by atoms with Gasteiger partial charge in [0.05, 0.1) is 30.8 Å². The minimum Gasteiger partial charge on any atom is -0.378 e. The zero-order valence-corrected chi connectivity index (χ0v) is 12.5. The van der Waals surface area contributed by atoms with E-state index >= 15 is 0 Å². The Morgan fingerprint density at radius 2 is 2.13 bits per heavy atom. The number of pyridine rings is 2. The van der Waals surface area contributed by atoms with Gasteiger partial charge >= 0.3 is 0 Å². The zero-order chi connectivity index (χ0) is 16.2. The summed E-state index contributed by atoms with van der Waals surface area (Å²) in [7, 11) is 0. The number of anilines is 1. The van der Waals surface area contributed by atoms with Gasteiger partial charge in [0, 0.05) is 19.3 Å². The topological polar surface area (TPSA) is 86.8 Å². The van der Waals surface area contributed by atoms with Crippen LogP contribution >= 0.6 is 0 Å². The molecule has 7 heteroatoms. The van der Waals surface area contributed by atoms with E-state index in [4.69, 9.17) is 4.74 Å². The minimum atomic E-state index is -0.283. The number of nitrogens with zero attached hydrogens (tertiary/aromatic N) is 3. The molecule has 3 heterocycles. The zero-order valence-electron chi connectivity index (χ0n) is 12.5. The monoisotopic (exact) mass is 312 g/mol. The van der Waals surface area contributed by atoms with Crippen LogP contribution in [0.2, 0.25) is 0 Å². The Morgan fingerprint density at radius 1 is 1.35 bits per heavy atom. The molecule has 0 radical (unpaired) electrons. The second-order valence-corrected chi connectivity index (χ2v) is 5.19. The van der Waals surface area contributed by atoms with Crippen molar-refractivity contribution in [2.75, 3.05) is 38.2 Å². The van der Waals surface area contributed by atoms with Crippen LogP contribution in [0.4, 0.5) is 5.69 Å². The molecular weight excluding hydrogens is 296 g/mol. The molecule has 0 aliphatic carbocycles. The number of rotatable bonds is 3. The molecule has 1 amide bonds. The van der Waals surface area contributed by atoms with Crippen molar-refractivity contribution in [3.63, 3.8) is 0 Å². The molecule has 2 aromatic rings. The number of carbonyl (C=O) groups is 1. The molecule has 0 bridgehead atoms.